The van der Waals surface area contributed by atoms with Crippen LogP contribution in [0.25, 0.3) is 0 Å². The molecule has 80 valence electrons. The van der Waals surface area contributed by atoms with Gasteiger partial charge in [0.05, 0.1) is 5.51 Å². The van der Waals surface area contributed by atoms with Gasteiger partial charge in [-0.2, -0.15) is 11.8 Å². The van der Waals surface area contributed by atoms with E-state index in [1.807, 2.05) is 11.7 Å². The van der Waals surface area contributed by atoms with Gasteiger partial charge >= 0.3 is 0 Å². The first-order chi connectivity index (χ1) is 6.45. The van der Waals surface area contributed by atoms with Gasteiger partial charge in [0.1, 0.15) is 0 Å². The van der Waals surface area contributed by atoms with Crippen LogP contribution < -0.4 is 5.32 Å². The number of piperidine rings is 1. The number of aromatic nitrogens is 1. The molecule has 1 N–H and O–H groups in total. The van der Waals surface area contributed by atoms with E-state index in [0.717, 1.165) is 11.0 Å². The Balaban J connectivity index is 0.000000980. The van der Waals surface area contributed by atoms with Crippen molar-refractivity contribution in [1.29, 1.82) is 0 Å². The second kappa shape index (κ2) is 6.67. The van der Waals surface area contributed by atoms with E-state index < -0.39 is 0 Å². The summed E-state index contributed by atoms with van der Waals surface area (Å²) in [5.74, 6) is 1.15. The highest BCUT2D eigenvalue weighted by Gasteiger charge is 2.13. The number of thioether (sulfide) groups is 1. The van der Waals surface area contributed by atoms with E-state index in [0.29, 0.717) is 0 Å². The Kier molecular flexibility index (Phi) is 5.86. The molecule has 0 saturated carbocycles. The fourth-order valence-corrected chi connectivity index (χ4v) is 3.37. The molecule has 0 aliphatic carbocycles. The zero-order valence-corrected chi connectivity index (χ0v) is 10.4. The summed E-state index contributed by atoms with van der Waals surface area (Å²) in [7, 11) is 0. The average Bonchev–Trinajstić information content (AvgIpc) is 2.69. The second-order valence-electron chi connectivity index (χ2n) is 3.23. The smallest absolute Gasteiger partial charge is 0.0794 e. The SMILES string of the molecule is Cl.c1ncc(CSC2CCNCC2)s1. The third-order valence-corrected chi connectivity index (χ3v) is 4.61. The number of thiazole rings is 1. The molecular formula is C9H15ClN2S2. The monoisotopic (exact) mass is 250 g/mol. The number of rotatable bonds is 3. The molecule has 0 bridgehead atoms. The molecule has 14 heavy (non-hydrogen) atoms. The van der Waals surface area contributed by atoms with E-state index in [1.165, 1.54) is 30.8 Å². The highest BCUT2D eigenvalue weighted by atomic mass is 35.5. The van der Waals surface area contributed by atoms with Gasteiger partial charge in [0, 0.05) is 22.1 Å². The maximum Gasteiger partial charge on any atom is 0.0794 e. The third-order valence-electron chi connectivity index (χ3n) is 2.23. The molecule has 5 heteroatoms. The first kappa shape index (κ1) is 12.3. The Labute approximate surface area is 99.3 Å². The summed E-state index contributed by atoms with van der Waals surface area (Å²) in [6.45, 7) is 2.39. The molecule has 2 nitrogen and oxygen atoms in total. The Morgan fingerprint density at radius 1 is 1.50 bits per heavy atom. The molecular weight excluding hydrogens is 236 g/mol. The lowest BCUT2D eigenvalue weighted by Crippen LogP contribution is -2.29. The van der Waals surface area contributed by atoms with Crippen LogP contribution in [-0.4, -0.2) is 23.3 Å². The van der Waals surface area contributed by atoms with Gasteiger partial charge in [-0.05, 0) is 25.9 Å². The summed E-state index contributed by atoms with van der Waals surface area (Å²) in [5.41, 5.74) is 1.91. The molecule has 1 fully saturated rings. The molecule has 0 radical (unpaired) electrons. The van der Waals surface area contributed by atoms with E-state index >= 15 is 0 Å². The lowest BCUT2D eigenvalue weighted by molar-refractivity contribution is 0.531. The summed E-state index contributed by atoms with van der Waals surface area (Å²) in [6.07, 6.45) is 4.63. The maximum atomic E-state index is 4.08. The summed E-state index contributed by atoms with van der Waals surface area (Å²) >= 11 is 3.85. The van der Waals surface area contributed by atoms with Crippen molar-refractivity contribution in [2.45, 2.75) is 23.8 Å². The Hall–Kier alpha value is 0.230. The molecule has 0 atom stereocenters. The summed E-state index contributed by atoms with van der Waals surface area (Å²) in [5, 5.41) is 4.25. The van der Waals surface area contributed by atoms with Crippen molar-refractivity contribution in [1.82, 2.24) is 10.3 Å². The summed E-state index contributed by atoms with van der Waals surface area (Å²) in [4.78, 5) is 5.48. The van der Waals surface area contributed by atoms with Crippen molar-refractivity contribution >= 4 is 35.5 Å². The number of hydrogen-bond donors (Lipinski definition) is 1. The van der Waals surface area contributed by atoms with Gasteiger partial charge in [0.15, 0.2) is 0 Å². The number of halogens is 1. The lowest BCUT2D eigenvalue weighted by Gasteiger charge is -2.21. The van der Waals surface area contributed by atoms with Crippen LogP contribution in [0.1, 0.15) is 17.7 Å². The summed E-state index contributed by atoms with van der Waals surface area (Å²) in [6, 6.07) is 0. The molecule has 2 rings (SSSR count). The Morgan fingerprint density at radius 2 is 2.29 bits per heavy atom. The third kappa shape index (κ3) is 3.77. The van der Waals surface area contributed by atoms with Gasteiger partial charge < -0.3 is 5.32 Å². The van der Waals surface area contributed by atoms with Crippen molar-refractivity contribution < 1.29 is 0 Å². The van der Waals surface area contributed by atoms with Crippen LogP contribution in [0.2, 0.25) is 0 Å². The highest BCUT2D eigenvalue weighted by molar-refractivity contribution is 7.99. The van der Waals surface area contributed by atoms with Gasteiger partial charge in [-0.1, -0.05) is 0 Å². The van der Waals surface area contributed by atoms with Gasteiger partial charge in [0.25, 0.3) is 0 Å². The maximum absolute atomic E-state index is 4.08. The van der Waals surface area contributed by atoms with Crippen LogP contribution in [0.3, 0.4) is 0 Å². The predicted molar refractivity (Wildman–Crippen MR) is 66.5 cm³/mol. The van der Waals surface area contributed by atoms with E-state index in [9.17, 15) is 0 Å². The van der Waals surface area contributed by atoms with E-state index in [4.69, 9.17) is 0 Å². The minimum absolute atomic E-state index is 0. The predicted octanol–water partition coefficient (Wildman–Crippen LogP) is 2.55. The first-order valence-electron chi connectivity index (χ1n) is 4.65. The fraction of sp³-hybridized carbons (Fsp3) is 0.667. The highest BCUT2D eigenvalue weighted by Crippen LogP contribution is 2.25. The number of nitrogens with one attached hydrogen (secondary N) is 1. The van der Waals surface area contributed by atoms with Crippen LogP contribution in [0.4, 0.5) is 0 Å². The van der Waals surface area contributed by atoms with Gasteiger partial charge in [0.2, 0.25) is 0 Å². The van der Waals surface area contributed by atoms with Crippen LogP contribution in [0.15, 0.2) is 11.7 Å². The number of hydrogen-bond acceptors (Lipinski definition) is 4. The minimum Gasteiger partial charge on any atom is -0.317 e. The second-order valence-corrected chi connectivity index (χ2v) is 5.49. The fourth-order valence-electron chi connectivity index (χ4n) is 1.48. The normalized spacial score (nSPS) is 17.7. The van der Waals surface area contributed by atoms with Crippen molar-refractivity contribution in [2.24, 2.45) is 0 Å². The lowest BCUT2D eigenvalue weighted by atomic mass is 10.2. The molecule has 0 amide bonds. The topological polar surface area (TPSA) is 24.9 Å². The van der Waals surface area contributed by atoms with Gasteiger partial charge in [-0.25, -0.2) is 0 Å². The molecule has 0 spiro atoms. The molecule has 1 aromatic heterocycles. The van der Waals surface area contributed by atoms with E-state index in [2.05, 4.69) is 22.1 Å². The Morgan fingerprint density at radius 3 is 2.93 bits per heavy atom. The molecule has 1 aliphatic rings. The molecule has 0 unspecified atom stereocenters. The average molecular weight is 251 g/mol. The molecule has 1 aliphatic heterocycles. The van der Waals surface area contributed by atoms with Gasteiger partial charge in [-0.3, -0.25) is 4.98 Å². The van der Waals surface area contributed by atoms with E-state index in [1.54, 1.807) is 11.3 Å². The number of nitrogens with zero attached hydrogens (tertiary/aromatic N) is 1. The summed E-state index contributed by atoms with van der Waals surface area (Å²) < 4.78 is 0. The molecule has 1 saturated heterocycles. The van der Waals surface area contributed by atoms with Crippen molar-refractivity contribution in [3.63, 3.8) is 0 Å². The molecule has 0 aromatic carbocycles. The van der Waals surface area contributed by atoms with Crippen LogP contribution >= 0.6 is 35.5 Å². The molecule has 2 heterocycles. The zero-order valence-electron chi connectivity index (χ0n) is 7.94. The van der Waals surface area contributed by atoms with E-state index in [-0.39, 0.29) is 12.4 Å². The quantitative estimate of drug-likeness (QED) is 0.893. The van der Waals surface area contributed by atoms with Crippen LogP contribution in [0.5, 0.6) is 0 Å². The Bertz CT molecular complexity index is 235. The standard InChI is InChI=1S/C9H14N2S2.ClH/c1-3-10-4-2-8(1)12-6-9-5-11-7-13-9;/h5,7-8,10H,1-4,6H2;1H. The van der Waals surface area contributed by atoms with Crippen molar-refractivity contribution in [3.8, 4) is 0 Å². The van der Waals surface area contributed by atoms with Crippen LogP contribution in [0, 0.1) is 0 Å². The zero-order chi connectivity index (χ0) is 8.93. The first-order valence-corrected chi connectivity index (χ1v) is 6.57. The van der Waals surface area contributed by atoms with Crippen molar-refractivity contribution in [3.05, 3.63) is 16.6 Å². The van der Waals surface area contributed by atoms with Crippen LogP contribution in [-0.2, 0) is 5.75 Å². The largest absolute Gasteiger partial charge is 0.317 e. The minimum atomic E-state index is 0. The van der Waals surface area contributed by atoms with Crippen molar-refractivity contribution in [2.75, 3.05) is 13.1 Å². The van der Waals surface area contributed by atoms with Gasteiger partial charge in [-0.15, -0.1) is 23.7 Å². The molecule has 1 aromatic rings.